The molecule has 2 aliphatic rings. The minimum atomic E-state index is -0.110. The molecule has 1 saturated heterocycles. The highest BCUT2D eigenvalue weighted by Gasteiger charge is 2.32. The summed E-state index contributed by atoms with van der Waals surface area (Å²) >= 11 is 8.76. The second kappa shape index (κ2) is 9.28. The van der Waals surface area contributed by atoms with Crippen LogP contribution < -0.4 is 5.32 Å². The second-order valence-corrected chi connectivity index (χ2v) is 9.98. The third kappa shape index (κ3) is 5.11. The van der Waals surface area contributed by atoms with E-state index in [1.165, 1.54) is 23.1 Å². The number of anilines is 1. The summed E-state index contributed by atoms with van der Waals surface area (Å²) in [5.41, 5.74) is 1.78. The highest BCUT2D eigenvalue weighted by atomic mass is 35.5. The van der Waals surface area contributed by atoms with Crippen LogP contribution in [0.15, 0.2) is 34.8 Å². The van der Waals surface area contributed by atoms with E-state index in [9.17, 15) is 4.79 Å². The molecule has 3 heterocycles. The number of nitrogens with zero attached hydrogens (tertiary/aromatic N) is 4. The first-order valence-electron chi connectivity index (χ1n) is 10.3. The molecule has 1 aromatic carbocycles. The van der Waals surface area contributed by atoms with Crippen molar-refractivity contribution < 1.29 is 9.53 Å². The number of ether oxygens (including phenoxy) is 1. The second-order valence-electron chi connectivity index (χ2n) is 7.74. The lowest BCUT2D eigenvalue weighted by Gasteiger charge is -2.14. The minimum Gasteiger partial charge on any atom is -0.376 e. The molecule has 2 fully saturated rings. The largest absolute Gasteiger partial charge is 0.376 e. The first kappa shape index (κ1) is 20.9. The molecule has 31 heavy (non-hydrogen) atoms. The zero-order chi connectivity index (χ0) is 21.2. The summed E-state index contributed by atoms with van der Waals surface area (Å²) in [4.78, 5) is 17.0. The van der Waals surface area contributed by atoms with Crippen LogP contribution in [-0.4, -0.2) is 44.1 Å². The summed E-state index contributed by atoms with van der Waals surface area (Å²) in [5, 5.41) is 15.6. The van der Waals surface area contributed by atoms with Crippen LogP contribution in [0.2, 0.25) is 5.02 Å². The highest BCUT2D eigenvalue weighted by molar-refractivity contribution is 7.99. The van der Waals surface area contributed by atoms with Gasteiger partial charge in [-0.15, -0.1) is 21.5 Å². The molecule has 0 bridgehead atoms. The Kier molecular flexibility index (Phi) is 6.27. The number of hydrogen-bond donors (Lipinski definition) is 1. The van der Waals surface area contributed by atoms with Gasteiger partial charge in [0.05, 0.1) is 24.1 Å². The van der Waals surface area contributed by atoms with Crippen LogP contribution in [0.3, 0.4) is 0 Å². The van der Waals surface area contributed by atoms with E-state index in [0.717, 1.165) is 61.1 Å². The van der Waals surface area contributed by atoms with Crippen molar-refractivity contribution in [3.05, 3.63) is 40.5 Å². The van der Waals surface area contributed by atoms with Crippen LogP contribution in [0.5, 0.6) is 0 Å². The SMILES string of the molecule is O=C(CSc1nnc(C2CC2)n1CC1CCCO1)Nc1nc(-c2ccc(Cl)cc2)cs1. The fourth-order valence-electron chi connectivity index (χ4n) is 3.58. The van der Waals surface area contributed by atoms with E-state index in [0.29, 0.717) is 16.1 Å². The summed E-state index contributed by atoms with van der Waals surface area (Å²) in [7, 11) is 0. The van der Waals surface area contributed by atoms with Crippen LogP contribution in [-0.2, 0) is 16.1 Å². The Morgan fingerprint density at radius 3 is 2.84 bits per heavy atom. The summed E-state index contributed by atoms with van der Waals surface area (Å²) in [5.74, 6) is 1.68. The number of carbonyl (C=O) groups excluding carboxylic acids is 1. The van der Waals surface area contributed by atoms with Gasteiger partial charge in [-0.2, -0.15) is 0 Å². The quantitative estimate of drug-likeness (QED) is 0.469. The summed E-state index contributed by atoms with van der Waals surface area (Å²) in [6.07, 6.45) is 4.70. The number of nitrogens with one attached hydrogen (secondary N) is 1. The molecule has 3 aromatic rings. The average molecular weight is 476 g/mol. The van der Waals surface area contributed by atoms with Gasteiger partial charge in [0.15, 0.2) is 10.3 Å². The molecule has 1 N–H and O–H groups in total. The Morgan fingerprint density at radius 2 is 2.10 bits per heavy atom. The Balaban J connectivity index is 1.20. The monoisotopic (exact) mass is 475 g/mol. The Bertz CT molecular complexity index is 1060. The van der Waals surface area contributed by atoms with Gasteiger partial charge in [0, 0.05) is 28.5 Å². The van der Waals surface area contributed by atoms with Gasteiger partial charge in [-0.25, -0.2) is 4.98 Å². The Labute approximate surface area is 193 Å². The van der Waals surface area contributed by atoms with Crippen molar-refractivity contribution in [1.29, 1.82) is 0 Å². The molecule has 7 nitrogen and oxygen atoms in total. The van der Waals surface area contributed by atoms with Crippen molar-refractivity contribution >= 4 is 45.7 Å². The zero-order valence-corrected chi connectivity index (χ0v) is 19.2. The lowest BCUT2D eigenvalue weighted by molar-refractivity contribution is -0.113. The smallest absolute Gasteiger partial charge is 0.236 e. The zero-order valence-electron chi connectivity index (χ0n) is 16.8. The lowest BCUT2D eigenvalue weighted by Crippen LogP contribution is -2.19. The van der Waals surface area contributed by atoms with E-state index >= 15 is 0 Å². The summed E-state index contributed by atoms with van der Waals surface area (Å²) < 4.78 is 7.97. The van der Waals surface area contributed by atoms with E-state index in [4.69, 9.17) is 16.3 Å². The van der Waals surface area contributed by atoms with Crippen LogP contribution in [0, 0.1) is 0 Å². The number of hydrogen-bond acceptors (Lipinski definition) is 7. The number of thioether (sulfide) groups is 1. The fourth-order valence-corrected chi connectivity index (χ4v) is 5.20. The molecular formula is C21H22ClN5O2S2. The van der Waals surface area contributed by atoms with Gasteiger partial charge in [-0.3, -0.25) is 4.79 Å². The fraction of sp³-hybridized carbons (Fsp3) is 0.429. The van der Waals surface area contributed by atoms with Crippen LogP contribution in [0.1, 0.15) is 37.4 Å². The molecule has 1 saturated carbocycles. The number of benzene rings is 1. The number of thiazole rings is 1. The van der Waals surface area contributed by atoms with Gasteiger partial charge in [0.1, 0.15) is 5.82 Å². The topological polar surface area (TPSA) is 81.9 Å². The van der Waals surface area contributed by atoms with Crippen molar-refractivity contribution in [1.82, 2.24) is 19.7 Å². The predicted octanol–water partition coefficient (Wildman–Crippen LogP) is 4.84. The normalized spacial score (nSPS) is 18.4. The minimum absolute atomic E-state index is 0.110. The van der Waals surface area contributed by atoms with Gasteiger partial charge < -0.3 is 14.6 Å². The first-order valence-corrected chi connectivity index (χ1v) is 12.6. The number of aromatic nitrogens is 4. The maximum absolute atomic E-state index is 12.5. The third-order valence-electron chi connectivity index (χ3n) is 5.32. The molecule has 1 aliphatic heterocycles. The van der Waals surface area contributed by atoms with Crippen LogP contribution in [0.4, 0.5) is 5.13 Å². The summed E-state index contributed by atoms with van der Waals surface area (Å²) in [6, 6.07) is 7.48. The molecule has 0 radical (unpaired) electrons. The molecule has 1 atom stereocenters. The van der Waals surface area contributed by atoms with Gasteiger partial charge in [0.25, 0.3) is 0 Å². The molecular weight excluding hydrogens is 454 g/mol. The Morgan fingerprint density at radius 1 is 1.26 bits per heavy atom. The van der Waals surface area contributed by atoms with Crippen molar-refractivity contribution in [3.8, 4) is 11.3 Å². The van der Waals surface area contributed by atoms with Gasteiger partial charge >= 0.3 is 0 Å². The third-order valence-corrected chi connectivity index (χ3v) is 7.30. The van der Waals surface area contributed by atoms with Gasteiger partial charge in [-0.05, 0) is 37.8 Å². The van der Waals surface area contributed by atoms with Crippen molar-refractivity contribution in [3.63, 3.8) is 0 Å². The van der Waals surface area contributed by atoms with Gasteiger partial charge in [-0.1, -0.05) is 35.5 Å². The average Bonchev–Trinajstić information content (AvgIpc) is 3.15. The molecule has 5 rings (SSSR count). The van der Waals surface area contributed by atoms with E-state index in [1.54, 1.807) is 0 Å². The molecule has 0 spiro atoms. The molecule has 2 aromatic heterocycles. The van der Waals surface area contributed by atoms with Crippen LogP contribution >= 0.6 is 34.7 Å². The molecule has 1 amide bonds. The highest BCUT2D eigenvalue weighted by Crippen LogP contribution is 2.40. The number of carbonyl (C=O) groups is 1. The lowest BCUT2D eigenvalue weighted by atomic mass is 10.2. The van der Waals surface area contributed by atoms with E-state index < -0.39 is 0 Å². The van der Waals surface area contributed by atoms with E-state index in [-0.39, 0.29) is 17.8 Å². The maximum Gasteiger partial charge on any atom is 0.236 e. The first-order chi connectivity index (χ1) is 15.2. The van der Waals surface area contributed by atoms with Gasteiger partial charge in [0.2, 0.25) is 5.91 Å². The van der Waals surface area contributed by atoms with Crippen molar-refractivity contribution in [2.24, 2.45) is 0 Å². The molecule has 10 heteroatoms. The number of halogens is 1. The molecule has 1 aliphatic carbocycles. The molecule has 1 unspecified atom stereocenters. The van der Waals surface area contributed by atoms with Crippen molar-refractivity contribution in [2.45, 2.75) is 49.4 Å². The standard InChI is InChI=1S/C21H22ClN5O2S2/c22-15-7-5-13(6-8-15)17-11-30-20(23-17)24-18(28)12-31-21-26-25-19(14-3-4-14)27(21)10-16-2-1-9-29-16/h5-8,11,14,16H,1-4,9-10,12H2,(H,23,24,28). The van der Waals surface area contributed by atoms with E-state index in [2.05, 4.69) is 25.1 Å². The predicted molar refractivity (Wildman–Crippen MR) is 123 cm³/mol. The number of amides is 1. The van der Waals surface area contributed by atoms with E-state index in [1.807, 2.05) is 29.6 Å². The maximum atomic E-state index is 12.5. The Hall–Kier alpha value is -1.94. The van der Waals surface area contributed by atoms with Crippen molar-refractivity contribution in [2.75, 3.05) is 17.7 Å². The molecule has 162 valence electrons. The summed E-state index contributed by atoms with van der Waals surface area (Å²) in [6.45, 7) is 1.59. The van der Waals surface area contributed by atoms with Crippen LogP contribution in [0.25, 0.3) is 11.3 Å². The number of rotatable bonds is 8.